The molecule has 7 heteroatoms. The fourth-order valence-electron chi connectivity index (χ4n) is 2.97. The summed E-state index contributed by atoms with van der Waals surface area (Å²) in [6.45, 7) is 2.39. The average Bonchev–Trinajstić information content (AvgIpc) is 2.45. The average molecular weight is 330 g/mol. The number of alkyl halides is 3. The van der Waals surface area contributed by atoms with Crippen molar-refractivity contribution >= 4 is 11.7 Å². The van der Waals surface area contributed by atoms with Crippen molar-refractivity contribution in [1.82, 2.24) is 4.90 Å². The Bertz CT molecular complexity index is 548. The predicted molar refractivity (Wildman–Crippen MR) is 81.2 cm³/mol. The smallest absolute Gasteiger partial charge is 0.393 e. The monoisotopic (exact) mass is 330 g/mol. The highest BCUT2D eigenvalue weighted by Gasteiger charge is 2.31. The van der Waals surface area contributed by atoms with Crippen LogP contribution in [0.3, 0.4) is 0 Å². The van der Waals surface area contributed by atoms with E-state index in [1.54, 1.807) is 11.0 Å². The first-order chi connectivity index (χ1) is 10.8. The Morgan fingerprint density at radius 1 is 1.43 bits per heavy atom. The van der Waals surface area contributed by atoms with Gasteiger partial charge in [0.25, 0.3) is 0 Å². The van der Waals surface area contributed by atoms with Crippen LogP contribution in [0.5, 0.6) is 0 Å². The number of nitrogens with one attached hydrogen (secondary N) is 1. The van der Waals surface area contributed by atoms with Gasteiger partial charge in [-0.25, -0.2) is 4.79 Å². The van der Waals surface area contributed by atoms with Gasteiger partial charge in [-0.3, -0.25) is 0 Å². The molecule has 1 aliphatic heterocycles. The maximum absolute atomic E-state index is 12.4. The largest absolute Gasteiger partial charge is 0.394 e. The van der Waals surface area contributed by atoms with Crippen molar-refractivity contribution in [3.8, 4) is 0 Å². The summed E-state index contributed by atoms with van der Waals surface area (Å²) in [5.41, 5.74) is 0.424. The number of aliphatic hydroxyl groups is 1. The fraction of sp³-hybridized carbons (Fsp3) is 0.562. The number of hydrogen-bond donors (Lipinski definition) is 2. The summed E-state index contributed by atoms with van der Waals surface area (Å²) in [5, 5.41) is 12.1. The zero-order valence-electron chi connectivity index (χ0n) is 12.9. The Kier molecular flexibility index (Phi) is 5.51. The molecule has 1 aromatic carbocycles. The minimum Gasteiger partial charge on any atom is -0.394 e. The van der Waals surface area contributed by atoms with Crippen molar-refractivity contribution in [3.63, 3.8) is 0 Å². The molecule has 0 aliphatic carbocycles. The molecule has 1 heterocycles. The Balaban J connectivity index is 2.06. The highest BCUT2D eigenvalue weighted by atomic mass is 19.4. The number of benzene rings is 1. The first kappa shape index (κ1) is 17.6. The van der Waals surface area contributed by atoms with Gasteiger partial charge in [-0.05, 0) is 36.5 Å². The van der Waals surface area contributed by atoms with Gasteiger partial charge < -0.3 is 15.3 Å². The number of amides is 2. The number of carbonyl (C=O) groups is 1. The molecule has 2 rings (SSSR count). The summed E-state index contributed by atoms with van der Waals surface area (Å²) >= 11 is 0. The Morgan fingerprint density at radius 2 is 2.17 bits per heavy atom. The van der Waals surface area contributed by atoms with Crippen LogP contribution in [0.25, 0.3) is 0 Å². The molecule has 2 atom stereocenters. The molecule has 0 bridgehead atoms. The number of hydrogen-bond acceptors (Lipinski definition) is 2. The van der Waals surface area contributed by atoms with E-state index < -0.39 is 12.6 Å². The number of piperidine rings is 1. The van der Waals surface area contributed by atoms with Crippen molar-refractivity contribution < 1.29 is 23.1 Å². The number of likely N-dealkylation sites (tertiary alicyclic amines) is 1. The van der Waals surface area contributed by atoms with Crippen molar-refractivity contribution in [2.24, 2.45) is 5.92 Å². The summed E-state index contributed by atoms with van der Waals surface area (Å²) in [5.74, 6) is 0.191. The molecule has 128 valence electrons. The van der Waals surface area contributed by atoms with Crippen LogP contribution in [0.1, 0.15) is 25.3 Å². The third-order valence-corrected chi connectivity index (χ3v) is 4.15. The lowest BCUT2D eigenvalue weighted by Crippen LogP contribution is -2.51. The third-order valence-electron chi connectivity index (χ3n) is 4.15. The lowest BCUT2D eigenvalue weighted by Gasteiger charge is -2.38. The zero-order valence-corrected chi connectivity index (χ0v) is 12.9. The number of urea groups is 1. The van der Waals surface area contributed by atoms with E-state index in [4.69, 9.17) is 0 Å². The predicted octanol–water partition coefficient (Wildman–Crippen LogP) is 3.42. The van der Waals surface area contributed by atoms with Crippen LogP contribution in [0, 0.1) is 5.92 Å². The highest BCUT2D eigenvalue weighted by Crippen LogP contribution is 2.25. The van der Waals surface area contributed by atoms with Gasteiger partial charge in [0.1, 0.15) is 0 Å². The number of aliphatic hydroxyl groups excluding tert-OH is 1. The normalized spacial score (nSPS) is 22.0. The van der Waals surface area contributed by atoms with Gasteiger partial charge in [0.2, 0.25) is 0 Å². The first-order valence-corrected chi connectivity index (χ1v) is 7.64. The van der Waals surface area contributed by atoms with Crippen LogP contribution < -0.4 is 5.32 Å². The van der Waals surface area contributed by atoms with E-state index in [9.17, 15) is 23.1 Å². The highest BCUT2D eigenvalue weighted by molar-refractivity contribution is 5.89. The SMILES string of the molecule is CC1CCCN(C(=O)Nc2cccc(CC(F)(F)F)c2)C1CO. The number of nitrogens with zero attached hydrogens (tertiary/aromatic N) is 1. The summed E-state index contributed by atoms with van der Waals surface area (Å²) in [7, 11) is 0. The summed E-state index contributed by atoms with van der Waals surface area (Å²) in [4.78, 5) is 13.9. The molecule has 0 spiro atoms. The molecule has 1 saturated heterocycles. The number of anilines is 1. The second-order valence-corrected chi connectivity index (χ2v) is 5.99. The number of halogens is 3. The molecular weight excluding hydrogens is 309 g/mol. The summed E-state index contributed by atoms with van der Waals surface area (Å²) in [6, 6.07) is 5.09. The minimum absolute atomic E-state index is 0.0982. The molecule has 2 amide bonds. The van der Waals surface area contributed by atoms with Crippen LogP contribution in [-0.4, -0.2) is 41.4 Å². The van der Waals surface area contributed by atoms with Crippen LogP contribution >= 0.6 is 0 Å². The van der Waals surface area contributed by atoms with E-state index in [0.717, 1.165) is 12.8 Å². The van der Waals surface area contributed by atoms with E-state index in [-0.39, 0.29) is 30.2 Å². The maximum Gasteiger partial charge on any atom is 0.393 e. The molecular formula is C16H21F3N2O2. The van der Waals surface area contributed by atoms with Crippen LogP contribution in [0.15, 0.2) is 24.3 Å². The quantitative estimate of drug-likeness (QED) is 0.892. The second kappa shape index (κ2) is 7.21. The molecule has 2 unspecified atom stereocenters. The lowest BCUT2D eigenvalue weighted by molar-refractivity contribution is -0.127. The fourth-order valence-corrected chi connectivity index (χ4v) is 2.97. The maximum atomic E-state index is 12.4. The molecule has 23 heavy (non-hydrogen) atoms. The molecule has 4 nitrogen and oxygen atoms in total. The molecule has 1 aliphatic rings. The van der Waals surface area contributed by atoms with E-state index >= 15 is 0 Å². The third kappa shape index (κ3) is 4.86. The van der Waals surface area contributed by atoms with Crippen molar-refractivity contribution in [3.05, 3.63) is 29.8 Å². The van der Waals surface area contributed by atoms with Gasteiger partial charge in [0, 0.05) is 12.2 Å². The standard InChI is InChI=1S/C16H21F3N2O2/c1-11-4-3-7-21(14(11)10-22)15(23)20-13-6-2-5-12(8-13)9-16(17,18)19/h2,5-6,8,11,14,22H,3-4,7,9-10H2,1H3,(H,20,23). The minimum atomic E-state index is -4.28. The molecule has 2 N–H and O–H groups in total. The van der Waals surface area contributed by atoms with E-state index in [2.05, 4.69) is 5.32 Å². The van der Waals surface area contributed by atoms with Gasteiger partial charge >= 0.3 is 12.2 Å². The van der Waals surface area contributed by atoms with Crippen molar-refractivity contribution in [2.45, 2.75) is 38.4 Å². The molecule has 1 aromatic rings. The molecule has 0 saturated carbocycles. The van der Waals surface area contributed by atoms with Gasteiger partial charge in [-0.2, -0.15) is 13.2 Å². The van der Waals surface area contributed by atoms with E-state index in [1.807, 2.05) is 6.92 Å². The first-order valence-electron chi connectivity index (χ1n) is 7.64. The van der Waals surface area contributed by atoms with Gasteiger partial charge in [0.05, 0.1) is 19.1 Å². The Labute approximate surface area is 133 Å². The Hall–Kier alpha value is -1.76. The summed E-state index contributed by atoms with van der Waals surface area (Å²) in [6.07, 6.45) is -3.53. The second-order valence-electron chi connectivity index (χ2n) is 5.99. The Morgan fingerprint density at radius 3 is 2.83 bits per heavy atom. The topological polar surface area (TPSA) is 52.6 Å². The van der Waals surface area contributed by atoms with Crippen LogP contribution in [0.4, 0.5) is 23.7 Å². The van der Waals surface area contributed by atoms with E-state index in [1.165, 1.54) is 18.2 Å². The van der Waals surface area contributed by atoms with Gasteiger partial charge in [-0.15, -0.1) is 0 Å². The number of carbonyl (C=O) groups excluding carboxylic acids is 1. The van der Waals surface area contributed by atoms with Gasteiger partial charge in [0.15, 0.2) is 0 Å². The van der Waals surface area contributed by atoms with Crippen molar-refractivity contribution in [1.29, 1.82) is 0 Å². The lowest BCUT2D eigenvalue weighted by atomic mass is 9.91. The van der Waals surface area contributed by atoms with Crippen LogP contribution in [0.2, 0.25) is 0 Å². The summed E-state index contributed by atoms with van der Waals surface area (Å²) < 4.78 is 37.3. The van der Waals surface area contributed by atoms with E-state index in [0.29, 0.717) is 12.2 Å². The zero-order chi connectivity index (χ0) is 17.0. The van der Waals surface area contributed by atoms with Gasteiger partial charge in [-0.1, -0.05) is 19.1 Å². The number of rotatable bonds is 3. The molecule has 0 radical (unpaired) electrons. The molecule has 0 aromatic heterocycles. The van der Waals surface area contributed by atoms with Crippen LogP contribution in [-0.2, 0) is 6.42 Å². The molecule has 1 fully saturated rings. The van der Waals surface area contributed by atoms with Crippen molar-refractivity contribution in [2.75, 3.05) is 18.5 Å².